The van der Waals surface area contributed by atoms with Crippen LogP contribution in [0.25, 0.3) is 22.0 Å². The van der Waals surface area contributed by atoms with E-state index < -0.39 is 0 Å². The molecule has 0 atom stereocenters. The quantitative estimate of drug-likeness (QED) is 0.602. The molecule has 1 heterocycles. The maximum atomic E-state index is 4.61. The Balaban J connectivity index is 2.20. The Kier molecular flexibility index (Phi) is 2.60. The fraction of sp³-hybridized carbons (Fsp3) is 0.118. The summed E-state index contributed by atoms with van der Waals surface area (Å²) >= 11 is 0. The highest BCUT2D eigenvalue weighted by Gasteiger charge is 2.02. The zero-order valence-corrected chi connectivity index (χ0v) is 10.6. The molecule has 0 spiro atoms. The summed E-state index contributed by atoms with van der Waals surface area (Å²) in [6.07, 6.45) is 0. The number of benzene rings is 2. The summed E-state index contributed by atoms with van der Waals surface area (Å²) < 4.78 is 0. The molecule has 0 aliphatic carbocycles. The van der Waals surface area contributed by atoms with Crippen LogP contribution in [-0.2, 0) is 0 Å². The van der Waals surface area contributed by atoms with Gasteiger partial charge in [0, 0.05) is 11.1 Å². The Hall–Kier alpha value is -2.15. The maximum absolute atomic E-state index is 4.61. The van der Waals surface area contributed by atoms with Crippen molar-refractivity contribution >= 4 is 10.9 Å². The van der Waals surface area contributed by atoms with Gasteiger partial charge in [0.2, 0.25) is 0 Å². The molecule has 0 saturated carbocycles. The number of aryl methyl sites for hydroxylation is 2. The van der Waals surface area contributed by atoms with Gasteiger partial charge in [-0.3, -0.25) is 4.98 Å². The van der Waals surface area contributed by atoms with Crippen LogP contribution in [0.3, 0.4) is 0 Å². The molecule has 0 N–H and O–H groups in total. The number of nitrogens with zero attached hydrogens (tertiary/aromatic N) is 1. The lowest BCUT2D eigenvalue weighted by molar-refractivity contribution is 1.20. The van der Waals surface area contributed by atoms with E-state index >= 15 is 0 Å². The normalized spacial score (nSPS) is 10.8. The highest BCUT2D eigenvalue weighted by Crippen LogP contribution is 2.24. The lowest BCUT2D eigenvalue weighted by Crippen LogP contribution is -1.88. The van der Waals surface area contributed by atoms with Gasteiger partial charge < -0.3 is 0 Å². The van der Waals surface area contributed by atoms with E-state index in [-0.39, 0.29) is 0 Å². The molecule has 1 nitrogen and oxygen atoms in total. The molecule has 1 aromatic heterocycles. The Morgan fingerprint density at radius 3 is 2.33 bits per heavy atom. The van der Waals surface area contributed by atoms with E-state index in [4.69, 9.17) is 0 Å². The molecule has 0 radical (unpaired) electrons. The fourth-order valence-electron chi connectivity index (χ4n) is 2.19. The summed E-state index contributed by atoms with van der Waals surface area (Å²) in [5, 5.41) is 1.21. The number of rotatable bonds is 1. The molecule has 3 rings (SSSR count). The summed E-state index contributed by atoms with van der Waals surface area (Å²) in [4.78, 5) is 4.61. The number of aromatic nitrogens is 1. The average molecular weight is 233 g/mol. The maximum Gasteiger partial charge on any atom is 0.0705 e. The summed E-state index contributed by atoms with van der Waals surface area (Å²) in [6, 6.07) is 19.1. The first-order valence-corrected chi connectivity index (χ1v) is 6.17. The molecule has 2 aromatic carbocycles. The summed E-state index contributed by atoms with van der Waals surface area (Å²) in [5.41, 5.74) is 5.91. The Morgan fingerprint density at radius 1 is 0.778 bits per heavy atom. The monoisotopic (exact) mass is 233 g/mol. The van der Waals surface area contributed by atoms with Gasteiger partial charge in [0.05, 0.1) is 5.52 Å². The van der Waals surface area contributed by atoms with Gasteiger partial charge >= 0.3 is 0 Å². The van der Waals surface area contributed by atoms with Crippen molar-refractivity contribution in [3.05, 3.63) is 65.9 Å². The Labute approximate surface area is 107 Å². The predicted molar refractivity (Wildman–Crippen MR) is 76.7 cm³/mol. The van der Waals surface area contributed by atoms with Gasteiger partial charge in [0.25, 0.3) is 0 Å². The number of hydrogen-bond acceptors (Lipinski definition) is 1. The molecule has 1 heteroatoms. The zero-order valence-electron chi connectivity index (χ0n) is 10.6. The second-order valence-electron chi connectivity index (χ2n) is 4.66. The molecule has 88 valence electrons. The smallest absolute Gasteiger partial charge is 0.0705 e. The van der Waals surface area contributed by atoms with Gasteiger partial charge in [-0.25, -0.2) is 0 Å². The zero-order chi connectivity index (χ0) is 12.5. The van der Waals surface area contributed by atoms with Crippen molar-refractivity contribution in [2.75, 3.05) is 0 Å². The van der Waals surface area contributed by atoms with Crippen LogP contribution in [-0.4, -0.2) is 4.98 Å². The number of hydrogen-bond donors (Lipinski definition) is 0. The van der Waals surface area contributed by atoms with E-state index in [0.29, 0.717) is 0 Å². The molecule has 0 bridgehead atoms. The number of fused-ring (bicyclic) bond motifs is 1. The lowest BCUT2D eigenvalue weighted by atomic mass is 10.0. The third kappa shape index (κ3) is 1.88. The van der Waals surface area contributed by atoms with Crippen molar-refractivity contribution in [2.45, 2.75) is 13.8 Å². The largest absolute Gasteiger partial charge is 0.253 e. The third-order valence-corrected chi connectivity index (χ3v) is 3.37. The van der Waals surface area contributed by atoms with Gasteiger partial charge in [0.1, 0.15) is 0 Å². The minimum atomic E-state index is 1.07. The van der Waals surface area contributed by atoms with Crippen molar-refractivity contribution in [1.29, 1.82) is 0 Å². The molecule has 0 aliphatic rings. The van der Waals surface area contributed by atoms with E-state index in [1.54, 1.807) is 0 Å². The van der Waals surface area contributed by atoms with Crippen molar-refractivity contribution in [1.82, 2.24) is 4.98 Å². The topological polar surface area (TPSA) is 12.9 Å². The second-order valence-corrected chi connectivity index (χ2v) is 4.66. The van der Waals surface area contributed by atoms with E-state index in [2.05, 4.69) is 67.4 Å². The van der Waals surface area contributed by atoms with Crippen LogP contribution in [0.1, 0.15) is 11.3 Å². The van der Waals surface area contributed by atoms with Gasteiger partial charge in [-0.05, 0) is 48.7 Å². The molecular formula is C17H15N. The van der Waals surface area contributed by atoms with Gasteiger partial charge in [-0.1, -0.05) is 36.4 Å². The van der Waals surface area contributed by atoms with Crippen molar-refractivity contribution in [3.63, 3.8) is 0 Å². The molecular weight excluding hydrogens is 218 g/mol. The molecule has 0 amide bonds. The molecule has 0 fully saturated rings. The van der Waals surface area contributed by atoms with Gasteiger partial charge in [0.15, 0.2) is 0 Å². The van der Waals surface area contributed by atoms with Crippen molar-refractivity contribution in [3.8, 4) is 11.1 Å². The first kappa shape index (κ1) is 11.0. The SMILES string of the molecule is Cc1cc2cc(-c3ccccc3)ccc2nc1C. The van der Waals surface area contributed by atoms with Crippen LogP contribution >= 0.6 is 0 Å². The fourth-order valence-corrected chi connectivity index (χ4v) is 2.19. The van der Waals surface area contributed by atoms with Gasteiger partial charge in [-0.15, -0.1) is 0 Å². The van der Waals surface area contributed by atoms with Crippen molar-refractivity contribution in [2.24, 2.45) is 0 Å². The predicted octanol–water partition coefficient (Wildman–Crippen LogP) is 4.52. The van der Waals surface area contributed by atoms with Crippen LogP contribution in [0.4, 0.5) is 0 Å². The average Bonchev–Trinajstić information content (AvgIpc) is 2.41. The highest BCUT2D eigenvalue weighted by atomic mass is 14.7. The molecule has 0 unspecified atom stereocenters. The lowest BCUT2D eigenvalue weighted by Gasteiger charge is -2.06. The highest BCUT2D eigenvalue weighted by molar-refractivity contribution is 5.85. The van der Waals surface area contributed by atoms with E-state index in [1.807, 2.05) is 6.07 Å². The first-order valence-electron chi connectivity index (χ1n) is 6.17. The number of pyridine rings is 1. The third-order valence-electron chi connectivity index (χ3n) is 3.37. The summed E-state index contributed by atoms with van der Waals surface area (Å²) in [7, 11) is 0. The van der Waals surface area contributed by atoms with Crippen LogP contribution in [0.15, 0.2) is 54.6 Å². The minimum absolute atomic E-state index is 1.07. The van der Waals surface area contributed by atoms with Crippen LogP contribution in [0.5, 0.6) is 0 Å². The summed E-state index contributed by atoms with van der Waals surface area (Å²) in [6.45, 7) is 4.16. The second kappa shape index (κ2) is 4.26. The summed E-state index contributed by atoms with van der Waals surface area (Å²) in [5.74, 6) is 0. The van der Waals surface area contributed by atoms with Crippen LogP contribution < -0.4 is 0 Å². The Morgan fingerprint density at radius 2 is 1.56 bits per heavy atom. The molecule has 0 aliphatic heterocycles. The van der Waals surface area contributed by atoms with E-state index in [1.165, 1.54) is 22.1 Å². The van der Waals surface area contributed by atoms with Crippen LogP contribution in [0.2, 0.25) is 0 Å². The molecule has 18 heavy (non-hydrogen) atoms. The molecule has 0 saturated heterocycles. The Bertz CT molecular complexity index is 699. The van der Waals surface area contributed by atoms with E-state index in [0.717, 1.165) is 11.2 Å². The first-order chi connectivity index (χ1) is 8.74. The molecule has 3 aromatic rings. The minimum Gasteiger partial charge on any atom is -0.253 e. The van der Waals surface area contributed by atoms with Gasteiger partial charge in [-0.2, -0.15) is 0 Å². The van der Waals surface area contributed by atoms with Crippen molar-refractivity contribution < 1.29 is 0 Å². The van der Waals surface area contributed by atoms with E-state index in [9.17, 15) is 0 Å². The van der Waals surface area contributed by atoms with Crippen LogP contribution in [0, 0.1) is 13.8 Å². The standard InChI is InChI=1S/C17H15N/c1-12-10-16-11-15(14-6-4-3-5-7-14)8-9-17(16)18-13(12)2/h3-11H,1-2H3.